The molecule has 0 bridgehead atoms. The van der Waals surface area contributed by atoms with Crippen LogP contribution < -0.4 is 4.90 Å². The SMILES string of the molecule is CC1(O)CCCN(c2ncc(Cl)cn2)C1. The van der Waals surface area contributed by atoms with E-state index >= 15 is 0 Å². The lowest BCUT2D eigenvalue weighted by Crippen LogP contribution is -2.46. The van der Waals surface area contributed by atoms with Crippen molar-refractivity contribution in [1.82, 2.24) is 9.97 Å². The van der Waals surface area contributed by atoms with Crippen LogP contribution in [0.1, 0.15) is 19.8 Å². The molecule has 1 N–H and O–H groups in total. The Hall–Kier alpha value is -0.870. The van der Waals surface area contributed by atoms with Crippen molar-refractivity contribution in [3.63, 3.8) is 0 Å². The van der Waals surface area contributed by atoms with Crippen molar-refractivity contribution in [3.05, 3.63) is 17.4 Å². The summed E-state index contributed by atoms with van der Waals surface area (Å²) in [4.78, 5) is 10.3. The van der Waals surface area contributed by atoms with Crippen LogP contribution in [-0.2, 0) is 0 Å². The van der Waals surface area contributed by atoms with E-state index in [-0.39, 0.29) is 0 Å². The highest BCUT2D eigenvalue weighted by atomic mass is 35.5. The topological polar surface area (TPSA) is 49.2 Å². The molecule has 2 heterocycles. The van der Waals surface area contributed by atoms with Crippen molar-refractivity contribution in [2.75, 3.05) is 18.0 Å². The molecule has 1 fully saturated rings. The average Bonchev–Trinajstić information content (AvgIpc) is 2.17. The zero-order valence-electron chi connectivity index (χ0n) is 8.65. The van der Waals surface area contributed by atoms with Crippen LogP contribution in [-0.4, -0.2) is 33.8 Å². The molecule has 5 heteroatoms. The maximum Gasteiger partial charge on any atom is 0.225 e. The molecule has 1 aliphatic heterocycles. The van der Waals surface area contributed by atoms with Crippen molar-refractivity contribution in [3.8, 4) is 0 Å². The minimum absolute atomic E-state index is 0.530. The van der Waals surface area contributed by atoms with Gasteiger partial charge in [0, 0.05) is 13.1 Å². The smallest absolute Gasteiger partial charge is 0.225 e. The quantitative estimate of drug-likeness (QED) is 0.790. The molecule has 82 valence electrons. The summed E-state index contributed by atoms with van der Waals surface area (Å²) in [5.41, 5.74) is -0.638. The minimum Gasteiger partial charge on any atom is -0.388 e. The number of hydrogen-bond donors (Lipinski definition) is 1. The molecule has 1 saturated heterocycles. The van der Waals surface area contributed by atoms with Gasteiger partial charge >= 0.3 is 0 Å². The summed E-state index contributed by atoms with van der Waals surface area (Å²) in [7, 11) is 0. The summed E-state index contributed by atoms with van der Waals surface area (Å²) >= 11 is 5.71. The van der Waals surface area contributed by atoms with Gasteiger partial charge in [-0.3, -0.25) is 0 Å². The van der Waals surface area contributed by atoms with Gasteiger partial charge in [0.15, 0.2) is 0 Å². The van der Waals surface area contributed by atoms with Gasteiger partial charge in [-0.2, -0.15) is 0 Å². The third kappa shape index (κ3) is 2.58. The predicted octanol–water partition coefficient (Wildman–Crippen LogP) is 1.48. The minimum atomic E-state index is -0.638. The number of piperidine rings is 1. The molecule has 15 heavy (non-hydrogen) atoms. The molecule has 1 aromatic heterocycles. The van der Waals surface area contributed by atoms with E-state index in [0.717, 1.165) is 19.4 Å². The van der Waals surface area contributed by atoms with Crippen LogP contribution in [0.4, 0.5) is 5.95 Å². The third-order valence-electron chi connectivity index (χ3n) is 2.56. The fraction of sp³-hybridized carbons (Fsp3) is 0.600. The Morgan fingerprint density at radius 1 is 1.47 bits per heavy atom. The molecule has 0 aromatic carbocycles. The Bertz CT molecular complexity index is 339. The highest BCUT2D eigenvalue weighted by molar-refractivity contribution is 6.30. The second-order valence-electron chi connectivity index (χ2n) is 4.22. The molecule has 0 radical (unpaired) electrons. The van der Waals surface area contributed by atoms with Crippen molar-refractivity contribution in [2.45, 2.75) is 25.4 Å². The number of anilines is 1. The monoisotopic (exact) mass is 227 g/mol. The van der Waals surface area contributed by atoms with E-state index in [1.165, 1.54) is 0 Å². The maximum absolute atomic E-state index is 9.94. The lowest BCUT2D eigenvalue weighted by atomic mass is 9.95. The summed E-state index contributed by atoms with van der Waals surface area (Å²) in [6, 6.07) is 0. The largest absolute Gasteiger partial charge is 0.388 e. The van der Waals surface area contributed by atoms with Crippen molar-refractivity contribution in [2.24, 2.45) is 0 Å². The van der Waals surface area contributed by atoms with Crippen LogP contribution >= 0.6 is 11.6 Å². The van der Waals surface area contributed by atoms with Gasteiger partial charge in [-0.25, -0.2) is 9.97 Å². The molecule has 4 nitrogen and oxygen atoms in total. The molecule has 0 spiro atoms. The van der Waals surface area contributed by atoms with Gasteiger partial charge in [0.2, 0.25) is 5.95 Å². The summed E-state index contributed by atoms with van der Waals surface area (Å²) in [5.74, 6) is 0.638. The van der Waals surface area contributed by atoms with E-state index < -0.39 is 5.60 Å². The lowest BCUT2D eigenvalue weighted by Gasteiger charge is -2.36. The number of halogens is 1. The van der Waals surface area contributed by atoms with E-state index in [2.05, 4.69) is 9.97 Å². The lowest BCUT2D eigenvalue weighted by molar-refractivity contribution is 0.0444. The van der Waals surface area contributed by atoms with Gasteiger partial charge in [0.1, 0.15) is 0 Å². The first kappa shape index (κ1) is 10.6. The van der Waals surface area contributed by atoms with Crippen LogP contribution in [0, 0.1) is 0 Å². The Morgan fingerprint density at radius 3 is 2.73 bits per heavy atom. The van der Waals surface area contributed by atoms with Crippen molar-refractivity contribution in [1.29, 1.82) is 0 Å². The Labute approximate surface area is 93.9 Å². The molecule has 1 atom stereocenters. The molecule has 1 aliphatic rings. The zero-order valence-corrected chi connectivity index (χ0v) is 9.41. The highest BCUT2D eigenvalue weighted by Crippen LogP contribution is 2.23. The summed E-state index contributed by atoms with van der Waals surface area (Å²) in [5, 5.41) is 10.5. The number of hydrogen-bond acceptors (Lipinski definition) is 4. The van der Waals surface area contributed by atoms with E-state index in [4.69, 9.17) is 11.6 Å². The second kappa shape index (κ2) is 3.94. The third-order valence-corrected chi connectivity index (χ3v) is 2.76. The molecule has 1 aromatic rings. The first-order chi connectivity index (χ1) is 7.07. The van der Waals surface area contributed by atoms with Crippen LogP contribution in [0.5, 0.6) is 0 Å². The van der Waals surface area contributed by atoms with Gasteiger partial charge in [-0.15, -0.1) is 0 Å². The Kier molecular flexibility index (Phi) is 2.80. The molecule has 0 saturated carbocycles. The fourth-order valence-corrected chi connectivity index (χ4v) is 1.96. The van der Waals surface area contributed by atoms with Gasteiger partial charge in [0.05, 0.1) is 23.0 Å². The molecule has 2 rings (SSSR count). The number of rotatable bonds is 1. The maximum atomic E-state index is 9.94. The number of β-amino-alcohol motifs (C(OH)–C–C–N with tert-alkyl or cyclic N) is 1. The molecule has 0 amide bonds. The molecule has 0 aliphatic carbocycles. The van der Waals surface area contributed by atoms with Gasteiger partial charge in [0.25, 0.3) is 0 Å². The van der Waals surface area contributed by atoms with Crippen molar-refractivity contribution < 1.29 is 5.11 Å². The number of aromatic nitrogens is 2. The van der Waals surface area contributed by atoms with Gasteiger partial charge < -0.3 is 10.0 Å². The van der Waals surface area contributed by atoms with Crippen LogP contribution in [0.3, 0.4) is 0 Å². The van der Waals surface area contributed by atoms with Crippen molar-refractivity contribution >= 4 is 17.5 Å². The molecular formula is C10H14ClN3O. The fourth-order valence-electron chi connectivity index (χ4n) is 1.86. The number of aliphatic hydroxyl groups is 1. The van der Waals surface area contributed by atoms with Gasteiger partial charge in [-0.05, 0) is 19.8 Å². The van der Waals surface area contributed by atoms with Gasteiger partial charge in [-0.1, -0.05) is 11.6 Å². The first-order valence-corrected chi connectivity index (χ1v) is 5.39. The van der Waals surface area contributed by atoms with Crippen LogP contribution in [0.15, 0.2) is 12.4 Å². The van der Waals surface area contributed by atoms with E-state index in [9.17, 15) is 5.11 Å². The summed E-state index contributed by atoms with van der Waals surface area (Å²) < 4.78 is 0. The van der Waals surface area contributed by atoms with E-state index in [0.29, 0.717) is 17.5 Å². The standard InChI is InChI=1S/C10H14ClN3O/c1-10(15)3-2-4-14(7-10)9-12-5-8(11)6-13-9/h5-6,15H,2-4,7H2,1H3. The van der Waals surface area contributed by atoms with E-state index in [1.807, 2.05) is 11.8 Å². The Morgan fingerprint density at radius 2 is 2.13 bits per heavy atom. The average molecular weight is 228 g/mol. The highest BCUT2D eigenvalue weighted by Gasteiger charge is 2.29. The molecular weight excluding hydrogens is 214 g/mol. The molecule has 1 unspecified atom stereocenters. The first-order valence-electron chi connectivity index (χ1n) is 5.02. The summed E-state index contributed by atoms with van der Waals surface area (Å²) in [6.45, 7) is 3.31. The Balaban J connectivity index is 2.13. The zero-order chi connectivity index (χ0) is 10.9. The van der Waals surface area contributed by atoms with E-state index in [1.54, 1.807) is 12.4 Å². The summed E-state index contributed by atoms with van der Waals surface area (Å²) in [6.07, 6.45) is 4.94. The normalized spacial score (nSPS) is 26.7. The predicted molar refractivity (Wildman–Crippen MR) is 59.1 cm³/mol. The number of nitrogens with zero attached hydrogens (tertiary/aromatic N) is 3. The second-order valence-corrected chi connectivity index (χ2v) is 4.66. The van der Waals surface area contributed by atoms with Crippen LogP contribution in [0.2, 0.25) is 5.02 Å². The van der Waals surface area contributed by atoms with Crippen LogP contribution in [0.25, 0.3) is 0 Å².